The van der Waals surface area contributed by atoms with E-state index in [2.05, 4.69) is 0 Å². The standard InChI is InChI=1S/C11H13NO3/c12-7-3-4-8-9(6-7)11(14)15-10(8)2-1-5-13/h3-4,6,10,13H,1-2,5,12H2. The summed E-state index contributed by atoms with van der Waals surface area (Å²) < 4.78 is 5.18. The molecule has 0 radical (unpaired) electrons. The molecular weight excluding hydrogens is 194 g/mol. The second-order valence-electron chi connectivity index (χ2n) is 3.61. The molecule has 0 aromatic heterocycles. The lowest BCUT2D eigenvalue weighted by atomic mass is 10.0. The third kappa shape index (κ3) is 1.80. The van der Waals surface area contributed by atoms with Crippen LogP contribution in [0.2, 0.25) is 0 Å². The van der Waals surface area contributed by atoms with Gasteiger partial charge in [0.05, 0.1) is 5.56 Å². The van der Waals surface area contributed by atoms with Gasteiger partial charge in [0.2, 0.25) is 0 Å². The first-order chi connectivity index (χ1) is 7.22. The van der Waals surface area contributed by atoms with Gasteiger partial charge in [0.25, 0.3) is 0 Å². The third-order valence-corrected chi connectivity index (χ3v) is 2.52. The highest BCUT2D eigenvalue weighted by atomic mass is 16.5. The number of fused-ring (bicyclic) bond motifs is 1. The van der Waals surface area contributed by atoms with Crippen molar-refractivity contribution in [2.24, 2.45) is 0 Å². The molecule has 1 atom stereocenters. The van der Waals surface area contributed by atoms with E-state index in [0.717, 1.165) is 5.56 Å². The zero-order valence-corrected chi connectivity index (χ0v) is 8.27. The summed E-state index contributed by atoms with van der Waals surface area (Å²) in [5, 5.41) is 8.72. The van der Waals surface area contributed by atoms with Crippen molar-refractivity contribution in [2.45, 2.75) is 18.9 Å². The van der Waals surface area contributed by atoms with Gasteiger partial charge < -0.3 is 15.6 Å². The first kappa shape index (κ1) is 9.98. The van der Waals surface area contributed by atoms with Crippen LogP contribution in [0.15, 0.2) is 18.2 Å². The summed E-state index contributed by atoms with van der Waals surface area (Å²) in [6.45, 7) is 0.109. The lowest BCUT2D eigenvalue weighted by molar-refractivity contribution is 0.0354. The van der Waals surface area contributed by atoms with Gasteiger partial charge in [-0.3, -0.25) is 0 Å². The highest BCUT2D eigenvalue weighted by Crippen LogP contribution is 2.34. The minimum atomic E-state index is -0.319. The van der Waals surface area contributed by atoms with Crippen molar-refractivity contribution < 1.29 is 14.6 Å². The van der Waals surface area contributed by atoms with Crippen molar-refractivity contribution >= 4 is 11.7 Å². The Morgan fingerprint density at radius 1 is 1.47 bits per heavy atom. The Hall–Kier alpha value is -1.55. The number of benzene rings is 1. The maximum absolute atomic E-state index is 11.5. The molecule has 4 heteroatoms. The minimum absolute atomic E-state index is 0.109. The molecule has 1 aliphatic rings. The average Bonchev–Trinajstić information content (AvgIpc) is 2.53. The first-order valence-electron chi connectivity index (χ1n) is 4.93. The Labute approximate surface area is 87.7 Å². The zero-order chi connectivity index (χ0) is 10.8. The van der Waals surface area contributed by atoms with Gasteiger partial charge in [0.1, 0.15) is 6.10 Å². The first-order valence-corrected chi connectivity index (χ1v) is 4.93. The molecule has 0 bridgehead atoms. The monoisotopic (exact) mass is 207 g/mol. The molecule has 0 saturated carbocycles. The van der Waals surface area contributed by atoms with E-state index in [1.165, 1.54) is 0 Å². The topological polar surface area (TPSA) is 72.6 Å². The number of nitrogen functional groups attached to an aromatic ring is 1. The summed E-state index contributed by atoms with van der Waals surface area (Å²) in [4.78, 5) is 11.5. The number of cyclic esters (lactones) is 1. The Kier molecular flexibility index (Phi) is 2.60. The molecule has 80 valence electrons. The molecule has 2 rings (SSSR count). The van der Waals surface area contributed by atoms with Crippen molar-refractivity contribution in [2.75, 3.05) is 12.3 Å². The van der Waals surface area contributed by atoms with E-state index in [1.54, 1.807) is 12.1 Å². The van der Waals surface area contributed by atoms with Gasteiger partial charge >= 0.3 is 5.97 Å². The molecule has 3 N–H and O–H groups in total. The number of carbonyl (C=O) groups excluding carboxylic acids is 1. The van der Waals surface area contributed by atoms with Crippen molar-refractivity contribution in [3.8, 4) is 0 Å². The van der Waals surface area contributed by atoms with Crippen LogP contribution < -0.4 is 5.73 Å². The lowest BCUT2D eigenvalue weighted by Crippen LogP contribution is -1.99. The fourth-order valence-corrected chi connectivity index (χ4v) is 1.78. The van der Waals surface area contributed by atoms with Crippen molar-refractivity contribution in [3.05, 3.63) is 29.3 Å². The fourth-order valence-electron chi connectivity index (χ4n) is 1.78. The Morgan fingerprint density at radius 3 is 3.00 bits per heavy atom. The maximum atomic E-state index is 11.5. The van der Waals surface area contributed by atoms with Gasteiger partial charge in [-0.25, -0.2) is 4.79 Å². The van der Waals surface area contributed by atoms with Crippen LogP contribution in [0.4, 0.5) is 5.69 Å². The maximum Gasteiger partial charge on any atom is 0.339 e. The molecule has 0 fully saturated rings. The number of aliphatic hydroxyl groups is 1. The van der Waals surface area contributed by atoms with E-state index in [-0.39, 0.29) is 18.7 Å². The van der Waals surface area contributed by atoms with E-state index < -0.39 is 0 Å². The van der Waals surface area contributed by atoms with Crippen molar-refractivity contribution in [1.29, 1.82) is 0 Å². The van der Waals surface area contributed by atoms with Crippen LogP contribution in [0.25, 0.3) is 0 Å². The van der Waals surface area contributed by atoms with E-state index >= 15 is 0 Å². The summed E-state index contributed by atoms with van der Waals surface area (Å²) in [7, 11) is 0. The summed E-state index contributed by atoms with van der Waals surface area (Å²) in [5.74, 6) is -0.319. The number of ether oxygens (including phenoxy) is 1. The number of esters is 1. The number of carbonyl (C=O) groups is 1. The molecular formula is C11H13NO3. The molecule has 1 heterocycles. The largest absolute Gasteiger partial charge is 0.454 e. The van der Waals surface area contributed by atoms with E-state index in [1.807, 2.05) is 6.07 Å². The average molecular weight is 207 g/mol. The van der Waals surface area contributed by atoms with Crippen LogP contribution in [0.3, 0.4) is 0 Å². The van der Waals surface area contributed by atoms with Gasteiger partial charge in [-0.2, -0.15) is 0 Å². The predicted octanol–water partition coefficient (Wildman–Crippen LogP) is 1.25. The van der Waals surface area contributed by atoms with Crippen LogP contribution in [0.1, 0.15) is 34.9 Å². The number of aliphatic hydroxyl groups excluding tert-OH is 1. The SMILES string of the molecule is Nc1ccc2c(c1)C(=O)OC2CCCO. The highest BCUT2D eigenvalue weighted by molar-refractivity contribution is 5.95. The van der Waals surface area contributed by atoms with Gasteiger partial charge in [-0.1, -0.05) is 6.07 Å². The Balaban J connectivity index is 2.26. The Morgan fingerprint density at radius 2 is 2.27 bits per heavy atom. The van der Waals surface area contributed by atoms with Crippen LogP contribution >= 0.6 is 0 Å². The Bertz CT molecular complexity index is 389. The predicted molar refractivity (Wildman–Crippen MR) is 55.3 cm³/mol. The van der Waals surface area contributed by atoms with Crippen molar-refractivity contribution in [1.82, 2.24) is 0 Å². The summed E-state index contributed by atoms with van der Waals surface area (Å²) in [6, 6.07) is 5.21. The van der Waals surface area contributed by atoms with Crippen LogP contribution in [0.5, 0.6) is 0 Å². The molecule has 0 aliphatic carbocycles. The normalized spacial score (nSPS) is 18.7. The molecule has 0 spiro atoms. The number of nitrogens with two attached hydrogens (primary N) is 1. The molecule has 1 aliphatic heterocycles. The quantitative estimate of drug-likeness (QED) is 0.578. The number of hydrogen-bond donors (Lipinski definition) is 2. The van der Waals surface area contributed by atoms with Crippen molar-refractivity contribution in [3.63, 3.8) is 0 Å². The van der Waals surface area contributed by atoms with Crippen LogP contribution in [0, 0.1) is 0 Å². The van der Waals surface area contributed by atoms with Gasteiger partial charge in [-0.15, -0.1) is 0 Å². The van der Waals surface area contributed by atoms with Gasteiger partial charge in [-0.05, 0) is 25.0 Å². The van der Waals surface area contributed by atoms with Crippen LogP contribution in [-0.4, -0.2) is 17.7 Å². The summed E-state index contributed by atoms with van der Waals surface area (Å²) in [5.41, 5.74) is 7.59. The molecule has 1 unspecified atom stereocenters. The second-order valence-corrected chi connectivity index (χ2v) is 3.61. The molecule has 0 amide bonds. The third-order valence-electron chi connectivity index (χ3n) is 2.52. The smallest absolute Gasteiger partial charge is 0.339 e. The van der Waals surface area contributed by atoms with E-state index in [9.17, 15) is 4.79 Å². The summed E-state index contributed by atoms with van der Waals surface area (Å²) >= 11 is 0. The highest BCUT2D eigenvalue weighted by Gasteiger charge is 2.30. The molecule has 15 heavy (non-hydrogen) atoms. The number of hydrogen-bond acceptors (Lipinski definition) is 4. The zero-order valence-electron chi connectivity index (χ0n) is 8.27. The molecule has 0 saturated heterocycles. The van der Waals surface area contributed by atoms with Gasteiger partial charge in [0.15, 0.2) is 0 Å². The molecule has 4 nitrogen and oxygen atoms in total. The van der Waals surface area contributed by atoms with Crippen LogP contribution in [-0.2, 0) is 4.74 Å². The molecule has 1 aromatic carbocycles. The van der Waals surface area contributed by atoms with E-state index in [4.69, 9.17) is 15.6 Å². The second kappa shape index (κ2) is 3.90. The number of anilines is 1. The van der Waals surface area contributed by atoms with E-state index in [0.29, 0.717) is 24.1 Å². The van der Waals surface area contributed by atoms with Gasteiger partial charge in [0, 0.05) is 17.9 Å². The lowest BCUT2D eigenvalue weighted by Gasteiger charge is -2.08. The minimum Gasteiger partial charge on any atom is -0.454 e. The number of rotatable bonds is 3. The fraction of sp³-hybridized carbons (Fsp3) is 0.364. The summed E-state index contributed by atoms with van der Waals surface area (Å²) in [6.07, 6.45) is 1.06. The molecule has 1 aromatic rings.